The third-order valence-electron chi connectivity index (χ3n) is 2.67. The van der Waals surface area contributed by atoms with Crippen LogP contribution in [0.4, 0.5) is 5.69 Å². The zero-order chi connectivity index (χ0) is 14.0. The summed E-state index contributed by atoms with van der Waals surface area (Å²) in [5.74, 6) is 0.658. The second-order valence-corrected chi connectivity index (χ2v) is 5.94. The minimum atomic E-state index is -3.72. The molecule has 0 saturated carbocycles. The fraction of sp³-hybridized carbons (Fsp3) is 0.167. The van der Waals surface area contributed by atoms with Crippen LogP contribution >= 0.6 is 11.6 Å². The topological polar surface area (TPSA) is 85.3 Å². The first-order valence-electron chi connectivity index (χ1n) is 5.48. The highest BCUT2D eigenvalue weighted by Gasteiger charge is 2.13. The van der Waals surface area contributed by atoms with Crippen molar-refractivity contribution in [2.24, 2.45) is 5.14 Å². The Balaban J connectivity index is 2.22. The van der Waals surface area contributed by atoms with Gasteiger partial charge in [0.15, 0.2) is 5.22 Å². The van der Waals surface area contributed by atoms with E-state index >= 15 is 0 Å². The highest BCUT2D eigenvalue weighted by atomic mass is 35.5. The number of anilines is 1. The van der Waals surface area contributed by atoms with Crippen LogP contribution in [0, 0.1) is 6.92 Å². The number of halogens is 1. The molecule has 0 fully saturated rings. The number of hydrogen-bond acceptors (Lipinski definition) is 4. The average Bonchev–Trinajstić information content (AvgIpc) is 2.72. The quantitative estimate of drug-likeness (QED) is 0.908. The average molecular weight is 301 g/mol. The molecule has 3 N–H and O–H groups in total. The first-order valence-corrected chi connectivity index (χ1v) is 7.41. The lowest BCUT2D eigenvalue weighted by Gasteiger charge is -2.11. The van der Waals surface area contributed by atoms with E-state index in [-0.39, 0.29) is 4.90 Å². The number of nitrogens with two attached hydrogens (primary N) is 1. The van der Waals surface area contributed by atoms with E-state index in [4.69, 9.17) is 21.2 Å². The van der Waals surface area contributed by atoms with E-state index in [1.54, 1.807) is 31.2 Å². The number of sulfonamides is 1. The Morgan fingerprint density at radius 3 is 2.63 bits per heavy atom. The van der Waals surface area contributed by atoms with Crippen LogP contribution in [0.1, 0.15) is 11.3 Å². The van der Waals surface area contributed by atoms with Crippen molar-refractivity contribution in [1.82, 2.24) is 0 Å². The van der Waals surface area contributed by atoms with E-state index in [0.29, 0.717) is 28.8 Å². The largest absolute Gasteiger partial charge is 0.448 e. The monoisotopic (exact) mass is 300 g/mol. The zero-order valence-corrected chi connectivity index (χ0v) is 11.8. The molecule has 1 aromatic carbocycles. The van der Waals surface area contributed by atoms with E-state index in [0.717, 1.165) is 0 Å². The molecule has 0 aliphatic carbocycles. The van der Waals surface area contributed by atoms with Gasteiger partial charge in [-0.3, -0.25) is 0 Å². The molecule has 7 heteroatoms. The summed E-state index contributed by atoms with van der Waals surface area (Å²) in [6, 6.07) is 8.26. The Hall–Kier alpha value is -1.50. The van der Waals surface area contributed by atoms with E-state index in [1.165, 1.54) is 6.07 Å². The van der Waals surface area contributed by atoms with Crippen LogP contribution in [0.3, 0.4) is 0 Å². The second kappa shape index (κ2) is 5.24. The fourth-order valence-corrected chi connectivity index (χ4v) is 2.71. The van der Waals surface area contributed by atoms with Gasteiger partial charge in [-0.05, 0) is 48.4 Å². The van der Waals surface area contributed by atoms with Crippen LogP contribution in [0.2, 0.25) is 5.22 Å². The van der Waals surface area contributed by atoms with Crippen molar-refractivity contribution in [3.63, 3.8) is 0 Å². The smallest absolute Gasteiger partial charge is 0.238 e. The lowest BCUT2D eigenvalue weighted by Crippen LogP contribution is -2.14. The summed E-state index contributed by atoms with van der Waals surface area (Å²) in [4.78, 5) is 0.106. The van der Waals surface area contributed by atoms with E-state index in [9.17, 15) is 8.42 Å². The van der Waals surface area contributed by atoms with Crippen molar-refractivity contribution in [2.75, 3.05) is 5.32 Å². The maximum Gasteiger partial charge on any atom is 0.238 e. The van der Waals surface area contributed by atoms with Crippen molar-refractivity contribution >= 4 is 27.3 Å². The predicted molar refractivity (Wildman–Crippen MR) is 73.6 cm³/mol. The first kappa shape index (κ1) is 13.9. The van der Waals surface area contributed by atoms with Gasteiger partial charge in [0.2, 0.25) is 10.0 Å². The molecule has 0 saturated heterocycles. The molecule has 0 aliphatic rings. The summed E-state index contributed by atoms with van der Waals surface area (Å²) in [5.41, 5.74) is 1.25. The summed E-state index contributed by atoms with van der Waals surface area (Å²) in [7, 11) is -3.72. The van der Waals surface area contributed by atoms with Crippen LogP contribution in [-0.2, 0) is 16.6 Å². The molecule has 0 radical (unpaired) electrons. The van der Waals surface area contributed by atoms with Gasteiger partial charge in [-0.25, -0.2) is 13.6 Å². The summed E-state index contributed by atoms with van der Waals surface area (Å²) in [5, 5.41) is 8.54. The van der Waals surface area contributed by atoms with Crippen molar-refractivity contribution in [1.29, 1.82) is 0 Å². The number of primary sulfonamides is 1. The summed E-state index contributed by atoms with van der Waals surface area (Å²) >= 11 is 5.67. The summed E-state index contributed by atoms with van der Waals surface area (Å²) in [6.45, 7) is 2.10. The van der Waals surface area contributed by atoms with Gasteiger partial charge in [0.1, 0.15) is 5.76 Å². The van der Waals surface area contributed by atoms with Crippen molar-refractivity contribution in [2.45, 2.75) is 18.4 Å². The normalized spacial score (nSPS) is 11.5. The summed E-state index contributed by atoms with van der Waals surface area (Å²) < 4.78 is 28.0. The second-order valence-electron chi connectivity index (χ2n) is 4.03. The molecule has 1 aromatic heterocycles. The fourth-order valence-electron chi connectivity index (χ4n) is 1.74. The van der Waals surface area contributed by atoms with Crippen LogP contribution in [-0.4, -0.2) is 8.42 Å². The standard InChI is InChI=1S/C12H13ClN2O3S/c1-8-10(3-2-4-11(8)19(14,16)17)15-7-9-5-6-12(13)18-9/h2-6,15H,7H2,1H3,(H2,14,16,17). The van der Waals surface area contributed by atoms with Gasteiger partial charge in [0, 0.05) is 5.69 Å². The van der Waals surface area contributed by atoms with Gasteiger partial charge in [0.05, 0.1) is 11.4 Å². The van der Waals surface area contributed by atoms with Gasteiger partial charge in [-0.15, -0.1) is 0 Å². The minimum absolute atomic E-state index is 0.106. The minimum Gasteiger partial charge on any atom is -0.448 e. The molecule has 0 bridgehead atoms. The molecular weight excluding hydrogens is 288 g/mol. The van der Waals surface area contributed by atoms with E-state index in [2.05, 4.69) is 5.32 Å². The molecule has 5 nitrogen and oxygen atoms in total. The van der Waals surface area contributed by atoms with Crippen molar-refractivity contribution < 1.29 is 12.8 Å². The molecule has 0 atom stereocenters. The number of furan rings is 1. The van der Waals surface area contributed by atoms with Crippen LogP contribution in [0.5, 0.6) is 0 Å². The number of hydrogen-bond donors (Lipinski definition) is 2. The van der Waals surface area contributed by atoms with Gasteiger partial charge in [-0.1, -0.05) is 6.07 Å². The third-order valence-corrected chi connectivity index (χ3v) is 3.93. The molecule has 0 spiro atoms. The van der Waals surface area contributed by atoms with Gasteiger partial charge in [-0.2, -0.15) is 0 Å². The van der Waals surface area contributed by atoms with E-state index in [1.807, 2.05) is 0 Å². The lowest BCUT2D eigenvalue weighted by atomic mass is 10.2. The molecule has 2 rings (SSSR count). The zero-order valence-electron chi connectivity index (χ0n) is 10.2. The molecule has 0 aliphatic heterocycles. The molecule has 2 aromatic rings. The first-order chi connectivity index (χ1) is 8.88. The maximum absolute atomic E-state index is 11.4. The molecule has 0 amide bonds. The Morgan fingerprint density at radius 2 is 2.05 bits per heavy atom. The van der Waals surface area contributed by atoms with Gasteiger partial charge < -0.3 is 9.73 Å². The SMILES string of the molecule is Cc1c(NCc2ccc(Cl)o2)cccc1S(N)(=O)=O. The molecule has 19 heavy (non-hydrogen) atoms. The number of benzene rings is 1. The van der Waals surface area contributed by atoms with E-state index < -0.39 is 10.0 Å². The maximum atomic E-state index is 11.4. The predicted octanol–water partition coefficient (Wildman–Crippen LogP) is 2.50. The highest BCUT2D eigenvalue weighted by Crippen LogP contribution is 2.23. The van der Waals surface area contributed by atoms with Gasteiger partial charge >= 0.3 is 0 Å². The Bertz CT molecular complexity index is 695. The number of rotatable bonds is 4. The summed E-state index contributed by atoms with van der Waals surface area (Å²) in [6.07, 6.45) is 0. The van der Waals surface area contributed by atoms with Crippen LogP contribution < -0.4 is 10.5 Å². The van der Waals surface area contributed by atoms with Crippen molar-refractivity contribution in [3.8, 4) is 0 Å². The van der Waals surface area contributed by atoms with Crippen molar-refractivity contribution in [3.05, 3.63) is 46.9 Å². The molecule has 102 valence electrons. The van der Waals surface area contributed by atoms with Crippen LogP contribution in [0.15, 0.2) is 39.6 Å². The van der Waals surface area contributed by atoms with Gasteiger partial charge in [0.25, 0.3) is 0 Å². The lowest BCUT2D eigenvalue weighted by molar-refractivity contribution is 0.520. The Labute approximate surface area is 116 Å². The van der Waals surface area contributed by atoms with Crippen LogP contribution in [0.25, 0.3) is 0 Å². The molecular formula is C12H13ClN2O3S. The molecule has 1 heterocycles. The molecule has 0 unspecified atom stereocenters. The number of nitrogens with one attached hydrogen (secondary N) is 1. The Kier molecular flexibility index (Phi) is 3.84. The third kappa shape index (κ3) is 3.28. The highest BCUT2D eigenvalue weighted by molar-refractivity contribution is 7.89. The Morgan fingerprint density at radius 1 is 1.32 bits per heavy atom.